The van der Waals surface area contributed by atoms with E-state index in [2.05, 4.69) is 5.32 Å². The van der Waals surface area contributed by atoms with Crippen molar-refractivity contribution in [3.63, 3.8) is 0 Å². The van der Waals surface area contributed by atoms with Crippen LogP contribution in [0.5, 0.6) is 0 Å². The van der Waals surface area contributed by atoms with Gasteiger partial charge < -0.3 is 10.4 Å². The van der Waals surface area contributed by atoms with Gasteiger partial charge in [-0.2, -0.15) is 0 Å². The highest BCUT2D eigenvalue weighted by molar-refractivity contribution is 5.21. The number of hydrogen-bond acceptors (Lipinski definition) is 2. The number of nitrogens with one attached hydrogen (secondary N) is 1. The number of halogens is 2. The quantitative estimate of drug-likeness (QED) is 0.810. The molecule has 4 heteroatoms. The minimum absolute atomic E-state index is 0.0675. The number of hydrogen-bond donors (Lipinski definition) is 2. The lowest BCUT2D eigenvalue weighted by atomic mass is 9.91. The molecule has 1 aliphatic rings. The van der Waals surface area contributed by atoms with Gasteiger partial charge in [0.1, 0.15) is 0 Å². The maximum atomic E-state index is 13.0. The molecular weight excluding hydrogens is 212 g/mol. The molecule has 0 aliphatic carbocycles. The summed E-state index contributed by atoms with van der Waals surface area (Å²) in [5.74, 6) is -1.34. The van der Waals surface area contributed by atoms with E-state index in [1.165, 1.54) is 6.07 Å². The maximum Gasteiger partial charge on any atom is 0.159 e. The zero-order chi connectivity index (χ0) is 11.5. The predicted molar refractivity (Wildman–Crippen MR) is 56.9 cm³/mol. The molecule has 1 saturated heterocycles. The van der Waals surface area contributed by atoms with E-state index in [9.17, 15) is 8.78 Å². The fraction of sp³-hybridized carbons (Fsp3) is 0.500. The van der Waals surface area contributed by atoms with E-state index in [0.29, 0.717) is 0 Å². The molecular formula is C12H15F2NO. The highest BCUT2D eigenvalue weighted by Crippen LogP contribution is 2.26. The number of benzene rings is 1. The molecule has 88 valence electrons. The van der Waals surface area contributed by atoms with Crippen molar-refractivity contribution in [1.29, 1.82) is 0 Å². The van der Waals surface area contributed by atoms with Crippen LogP contribution in [0.2, 0.25) is 0 Å². The second-order valence-corrected chi connectivity index (χ2v) is 4.26. The Hall–Kier alpha value is -1.00. The lowest BCUT2D eigenvalue weighted by Gasteiger charge is -2.29. The largest absolute Gasteiger partial charge is 0.396 e. The van der Waals surface area contributed by atoms with Gasteiger partial charge in [-0.25, -0.2) is 8.78 Å². The van der Waals surface area contributed by atoms with E-state index < -0.39 is 11.6 Å². The van der Waals surface area contributed by atoms with Crippen molar-refractivity contribution < 1.29 is 13.9 Å². The Kier molecular flexibility index (Phi) is 3.51. The second-order valence-electron chi connectivity index (χ2n) is 4.26. The van der Waals surface area contributed by atoms with Crippen LogP contribution in [0, 0.1) is 17.6 Å². The average Bonchev–Trinajstić information content (AvgIpc) is 2.33. The first-order valence-corrected chi connectivity index (χ1v) is 5.50. The summed E-state index contributed by atoms with van der Waals surface area (Å²) < 4.78 is 25.8. The van der Waals surface area contributed by atoms with Gasteiger partial charge in [0.15, 0.2) is 11.6 Å². The number of rotatable bonds is 2. The summed E-state index contributed by atoms with van der Waals surface area (Å²) in [4.78, 5) is 0. The number of aliphatic hydroxyl groups is 1. The smallest absolute Gasteiger partial charge is 0.159 e. The highest BCUT2D eigenvalue weighted by Gasteiger charge is 2.21. The predicted octanol–water partition coefficient (Wildman–Crippen LogP) is 2.00. The van der Waals surface area contributed by atoms with Gasteiger partial charge >= 0.3 is 0 Å². The van der Waals surface area contributed by atoms with Crippen LogP contribution in [-0.4, -0.2) is 18.3 Å². The summed E-state index contributed by atoms with van der Waals surface area (Å²) in [5, 5.41) is 12.2. The Balaban J connectivity index is 2.05. The molecule has 2 nitrogen and oxygen atoms in total. The third kappa shape index (κ3) is 2.39. The van der Waals surface area contributed by atoms with Crippen LogP contribution in [0.15, 0.2) is 18.2 Å². The molecule has 0 radical (unpaired) electrons. The topological polar surface area (TPSA) is 32.3 Å². The highest BCUT2D eigenvalue weighted by atomic mass is 19.2. The van der Waals surface area contributed by atoms with Crippen LogP contribution >= 0.6 is 0 Å². The van der Waals surface area contributed by atoms with Crippen LogP contribution in [0.1, 0.15) is 24.4 Å². The van der Waals surface area contributed by atoms with Crippen molar-refractivity contribution >= 4 is 0 Å². The fourth-order valence-electron chi connectivity index (χ4n) is 2.08. The van der Waals surface area contributed by atoms with Crippen LogP contribution in [0.25, 0.3) is 0 Å². The zero-order valence-electron chi connectivity index (χ0n) is 8.92. The molecule has 1 heterocycles. The molecule has 0 bridgehead atoms. The van der Waals surface area contributed by atoms with Crippen LogP contribution < -0.4 is 5.32 Å². The van der Waals surface area contributed by atoms with E-state index in [-0.39, 0.29) is 18.6 Å². The van der Waals surface area contributed by atoms with Crippen molar-refractivity contribution in [3.05, 3.63) is 35.4 Å². The van der Waals surface area contributed by atoms with E-state index in [1.54, 1.807) is 6.07 Å². The Morgan fingerprint density at radius 2 is 2.06 bits per heavy atom. The lowest BCUT2D eigenvalue weighted by Crippen LogP contribution is -2.34. The van der Waals surface area contributed by atoms with E-state index >= 15 is 0 Å². The monoisotopic (exact) mass is 227 g/mol. The molecule has 2 N–H and O–H groups in total. The van der Waals surface area contributed by atoms with Crippen molar-refractivity contribution in [3.8, 4) is 0 Å². The van der Waals surface area contributed by atoms with Crippen molar-refractivity contribution in [2.75, 3.05) is 13.2 Å². The van der Waals surface area contributed by atoms with Gasteiger partial charge in [-0.3, -0.25) is 0 Å². The van der Waals surface area contributed by atoms with Gasteiger partial charge in [0.05, 0.1) is 0 Å². The maximum absolute atomic E-state index is 13.0. The normalized spacial score (nSPS) is 25.7. The van der Waals surface area contributed by atoms with Crippen molar-refractivity contribution in [2.24, 2.45) is 5.92 Å². The first-order chi connectivity index (χ1) is 7.70. The molecule has 16 heavy (non-hydrogen) atoms. The van der Waals surface area contributed by atoms with E-state index in [1.807, 2.05) is 0 Å². The van der Waals surface area contributed by atoms with Gasteiger partial charge in [0.2, 0.25) is 0 Å². The Bertz CT molecular complexity index is 362. The molecule has 0 amide bonds. The number of aliphatic hydroxyl groups excluding tert-OH is 1. The van der Waals surface area contributed by atoms with E-state index in [4.69, 9.17) is 5.11 Å². The van der Waals surface area contributed by atoms with Crippen LogP contribution in [0.3, 0.4) is 0 Å². The summed E-state index contributed by atoms with van der Waals surface area (Å²) >= 11 is 0. The molecule has 2 atom stereocenters. The Morgan fingerprint density at radius 1 is 1.25 bits per heavy atom. The minimum Gasteiger partial charge on any atom is -0.396 e. The standard InChI is InChI=1S/C12H15F2NO/c13-10-3-2-9(5-11(10)14)12-4-1-8(7-16)6-15-12/h2-3,5,8,12,15-16H,1,4,6-7H2. The summed E-state index contributed by atoms with van der Waals surface area (Å²) in [6, 6.07) is 4.07. The molecule has 0 spiro atoms. The first-order valence-electron chi connectivity index (χ1n) is 5.50. The summed E-state index contributed by atoms with van der Waals surface area (Å²) in [5.41, 5.74) is 0.773. The minimum atomic E-state index is -0.812. The third-order valence-corrected chi connectivity index (χ3v) is 3.12. The van der Waals surface area contributed by atoms with Crippen LogP contribution in [0.4, 0.5) is 8.78 Å². The number of piperidine rings is 1. The summed E-state index contributed by atoms with van der Waals surface area (Å²) in [6.45, 7) is 0.900. The molecule has 0 saturated carbocycles. The molecule has 1 fully saturated rings. The summed E-state index contributed by atoms with van der Waals surface area (Å²) in [7, 11) is 0. The van der Waals surface area contributed by atoms with Gasteiger partial charge in [0, 0.05) is 19.2 Å². The zero-order valence-corrected chi connectivity index (χ0v) is 8.92. The Labute approximate surface area is 93.3 Å². The average molecular weight is 227 g/mol. The van der Waals surface area contributed by atoms with Gasteiger partial charge in [-0.05, 0) is 36.5 Å². The van der Waals surface area contributed by atoms with E-state index in [0.717, 1.165) is 31.0 Å². The molecule has 2 unspecified atom stereocenters. The third-order valence-electron chi connectivity index (χ3n) is 3.12. The second kappa shape index (κ2) is 4.89. The fourth-order valence-corrected chi connectivity index (χ4v) is 2.08. The van der Waals surface area contributed by atoms with Gasteiger partial charge in [0.25, 0.3) is 0 Å². The molecule has 2 rings (SSSR count). The van der Waals surface area contributed by atoms with Crippen LogP contribution in [-0.2, 0) is 0 Å². The van der Waals surface area contributed by atoms with Crippen molar-refractivity contribution in [2.45, 2.75) is 18.9 Å². The molecule has 1 aromatic rings. The molecule has 0 aromatic heterocycles. The molecule has 1 aromatic carbocycles. The SMILES string of the molecule is OCC1CCC(c2ccc(F)c(F)c2)NC1. The van der Waals surface area contributed by atoms with Crippen molar-refractivity contribution in [1.82, 2.24) is 5.32 Å². The lowest BCUT2D eigenvalue weighted by molar-refractivity contribution is 0.183. The van der Waals surface area contributed by atoms with Gasteiger partial charge in [-0.15, -0.1) is 0 Å². The first kappa shape index (κ1) is 11.5. The molecule has 1 aliphatic heterocycles. The van der Waals surface area contributed by atoms with Gasteiger partial charge in [-0.1, -0.05) is 6.07 Å². The Morgan fingerprint density at radius 3 is 2.62 bits per heavy atom. The summed E-state index contributed by atoms with van der Waals surface area (Å²) in [6.07, 6.45) is 1.75.